The van der Waals surface area contributed by atoms with Gasteiger partial charge in [-0.1, -0.05) is 35.9 Å². The van der Waals surface area contributed by atoms with Crippen LogP contribution in [0.25, 0.3) is 0 Å². The summed E-state index contributed by atoms with van der Waals surface area (Å²) in [6.07, 6.45) is 0. The molecule has 30 heavy (non-hydrogen) atoms. The van der Waals surface area contributed by atoms with Gasteiger partial charge in [0.05, 0.1) is 0 Å². The van der Waals surface area contributed by atoms with Crippen molar-refractivity contribution in [2.45, 2.75) is 33.6 Å². The van der Waals surface area contributed by atoms with Crippen LogP contribution in [0.1, 0.15) is 47.6 Å². The van der Waals surface area contributed by atoms with Crippen LogP contribution in [0.15, 0.2) is 60.7 Å². The molecule has 0 aliphatic carbocycles. The van der Waals surface area contributed by atoms with Crippen molar-refractivity contribution in [2.24, 2.45) is 0 Å². The molecule has 0 amide bonds. The molecule has 0 aromatic heterocycles. The first-order valence-corrected chi connectivity index (χ1v) is 9.96. The molecule has 0 N–H and O–H groups in total. The Morgan fingerprint density at radius 2 is 1.17 bits per heavy atom. The Morgan fingerprint density at radius 1 is 0.733 bits per heavy atom. The van der Waals surface area contributed by atoms with Gasteiger partial charge in [-0.25, -0.2) is 0 Å². The summed E-state index contributed by atoms with van der Waals surface area (Å²) in [5.74, 6) is 0.253. The summed E-state index contributed by atoms with van der Waals surface area (Å²) in [5.41, 5.74) is 5.23. The van der Waals surface area contributed by atoms with E-state index in [1.165, 1.54) is 13.8 Å². The minimum atomic E-state index is -0.353. The summed E-state index contributed by atoms with van der Waals surface area (Å²) >= 11 is 6.11. The van der Waals surface area contributed by atoms with Crippen LogP contribution in [0.5, 0.6) is 11.5 Å². The molecular weight excluding hydrogens is 400 g/mol. The van der Waals surface area contributed by atoms with Gasteiger partial charge in [0.1, 0.15) is 11.5 Å². The van der Waals surface area contributed by atoms with E-state index < -0.39 is 0 Å². The van der Waals surface area contributed by atoms with Gasteiger partial charge < -0.3 is 9.47 Å². The average molecular weight is 423 g/mol. The molecule has 0 saturated carbocycles. The van der Waals surface area contributed by atoms with E-state index in [0.29, 0.717) is 16.5 Å². The molecule has 3 aromatic rings. The smallest absolute Gasteiger partial charge is 0.308 e. The second-order valence-electron chi connectivity index (χ2n) is 7.21. The van der Waals surface area contributed by atoms with E-state index in [1.807, 2.05) is 62.4 Å². The zero-order chi connectivity index (χ0) is 21.8. The highest BCUT2D eigenvalue weighted by Crippen LogP contribution is 2.38. The molecule has 3 aromatic carbocycles. The summed E-state index contributed by atoms with van der Waals surface area (Å²) < 4.78 is 10.5. The van der Waals surface area contributed by atoms with Gasteiger partial charge in [-0.15, -0.1) is 0 Å². The highest BCUT2D eigenvalue weighted by Gasteiger charge is 2.21. The number of esters is 2. The summed E-state index contributed by atoms with van der Waals surface area (Å²) in [6.45, 7) is 6.75. The van der Waals surface area contributed by atoms with E-state index in [2.05, 4.69) is 0 Å². The zero-order valence-electron chi connectivity index (χ0n) is 17.4. The molecule has 3 rings (SSSR count). The molecular formula is C25H23ClO4. The molecule has 0 bridgehead atoms. The fraction of sp³-hybridized carbons (Fsp3) is 0.200. The van der Waals surface area contributed by atoms with E-state index in [4.69, 9.17) is 21.1 Å². The first kappa shape index (κ1) is 21.6. The van der Waals surface area contributed by atoms with Crippen LogP contribution in [0, 0.1) is 13.8 Å². The van der Waals surface area contributed by atoms with Gasteiger partial charge in [-0.2, -0.15) is 0 Å². The van der Waals surface area contributed by atoms with E-state index in [1.54, 1.807) is 12.1 Å². The molecule has 0 fully saturated rings. The number of hydrogen-bond acceptors (Lipinski definition) is 4. The van der Waals surface area contributed by atoms with Crippen molar-refractivity contribution in [1.29, 1.82) is 0 Å². The predicted octanol–water partition coefficient (Wildman–Crippen LogP) is 5.99. The SMILES string of the molecule is CC(=O)Oc1ccc(C(c2ccc(Cl)cc2)c2ccc(OC(C)=O)cc2C)c(C)c1. The predicted molar refractivity (Wildman–Crippen MR) is 117 cm³/mol. The highest BCUT2D eigenvalue weighted by molar-refractivity contribution is 6.30. The molecule has 0 atom stereocenters. The Hall–Kier alpha value is -3.11. The molecule has 0 aliphatic rings. The van der Waals surface area contributed by atoms with Gasteiger partial charge in [-0.3, -0.25) is 9.59 Å². The summed E-state index contributed by atoms with van der Waals surface area (Å²) in [5, 5.41) is 0.668. The molecule has 0 aliphatic heterocycles. The lowest BCUT2D eigenvalue weighted by Crippen LogP contribution is -2.09. The van der Waals surface area contributed by atoms with Crippen molar-refractivity contribution in [3.63, 3.8) is 0 Å². The van der Waals surface area contributed by atoms with Crippen LogP contribution >= 0.6 is 11.6 Å². The largest absolute Gasteiger partial charge is 0.427 e. The normalized spacial score (nSPS) is 10.7. The highest BCUT2D eigenvalue weighted by atomic mass is 35.5. The lowest BCUT2D eigenvalue weighted by molar-refractivity contribution is -0.132. The lowest BCUT2D eigenvalue weighted by atomic mass is 9.81. The topological polar surface area (TPSA) is 52.6 Å². The first-order chi connectivity index (χ1) is 14.2. The number of aryl methyl sites for hydroxylation is 2. The third-order valence-corrected chi connectivity index (χ3v) is 5.08. The van der Waals surface area contributed by atoms with E-state index in [9.17, 15) is 9.59 Å². The summed E-state index contributed by atoms with van der Waals surface area (Å²) in [7, 11) is 0. The Bertz CT molecular complexity index is 1020. The summed E-state index contributed by atoms with van der Waals surface area (Å²) in [6, 6.07) is 19.0. The van der Waals surface area contributed by atoms with Crippen LogP contribution < -0.4 is 9.47 Å². The van der Waals surface area contributed by atoms with Crippen molar-refractivity contribution in [3.05, 3.63) is 93.5 Å². The fourth-order valence-electron chi connectivity index (χ4n) is 3.58. The second kappa shape index (κ2) is 9.14. The first-order valence-electron chi connectivity index (χ1n) is 9.58. The number of ether oxygens (including phenoxy) is 2. The van der Waals surface area contributed by atoms with Crippen LogP contribution in [-0.2, 0) is 9.59 Å². The minimum absolute atomic E-state index is 0.0694. The average Bonchev–Trinajstić information content (AvgIpc) is 2.65. The molecule has 5 heteroatoms. The van der Waals surface area contributed by atoms with Crippen LogP contribution in [-0.4, -0.2) is 11.9 Å². The lowest BCUT2D eigenvalue weighted by Gasteiger charge is -2.23. The maximum absolute atomic E-state index is 11.3. The Balaban J connectivity index is 2.12. The molecule has 0 saturated heterocycles. The number of hydrogen-bond donors (Lipinski definition) is 0. The molecule has 0 spiro atoms. The van der Waals surface area contributed by atoms with E-state index >= 15 is 0 Å². The Morgan fingerprint density at radius 3 is 1.53 bits per heavy atom. The Labute approximate surface area is 181 Å². The number of carbonyl (C=O) groups excluding carboxylic acids is 2. The quantitative estimate of drug-likeness (QED) is 0.288. The van der Waals surface area contributed by atoms with Crippen molar-refractivity contribution in [1.82, 2.24) is 0 Å². The molecule has 154 valence electrons. The van der Waals surface area contributed by atoms with Crippen LogP contribution in [0.2, 0.25) is 5.02 Å². The van der Waals surface area contributed by atoms with E-state index in [-0.39, 0.29) is 17.9 Å². The van der Waals surface area contributed by atoms with Gasteiger partial charge in [0.25, 0.3) is 0 Å². The van der Waals surface area contributed by atoms with Gasteiger partial charge in [0, 0.05) is 24.8 Å². The van der Waals surface area contributed by atoms with Crippen LogP contribution in [0.4, 0.5) is 0 Å². The van der Waals surface area contributed by atoms with Gasteiger partial charge in [0.2, 0.25) is 0 Å². The molecule has 4 nitrogen and oxygen atoms in total. The zero-order valence-corrected chi connectivity index (χ0v) is 18.1. The van der Waals surface area contributed by atoms with Crippen molar-refractivity contribution >= 4 is 23.5 Å². The Kier molecular flexibility index (Phi) is 6.58. The molecule has 0 heterocycles. The number of carbonyl (C=O) groups is 2. The fourth-order valence-corrected chi connectivity index (χ4v) is 3.71. The van der Waals surface area contributed by atoms with Crippen molar-refractivity contribution in [3.8, 4) is 11.5 Å². The van der Waals surface area contributed by atoms with E-state index in [0.717, 1.165) is 27.8 Å². The monoisotopic (exact) mass is 422 g/mol. The number of rotatable bonds is 5. The molecule has 0 unspecified atom stereocenters. The number of halogens is 1. The third kappa shape index (κ3) is 5.08. The van der Waals surface area contributed by atoms with Crippen LogP contribution in [0.3, 0.4) is 0 Å². The summed E-state index contributed by atoms with van der Waals surface area (Å²) in [4.78, 5) is 22.6. The number of benzene rings is 3. The van der Waals surface area contributed by atoms with Gasteiger partial charge in [0.15, 0.2) is 0 Å². The van der Waals surface area contributed by atoms with Gasteiger partial charge >= 0.3 is 11.9 Å². The van der Waals surface area contributed by atoms with Crippen molar-refractivity contribution < 1.29 is 19.1 Å². The maximum atomic E-state index is 11.3. The standard InChI is InChI=1S/C25H23ClO4/c1-15-13-21(29-17(3)27)9-11-23(15)25(19-5-7-20(26)8-6-19)24-12-10-22(14-16(24)2)30-18(4)28/h5-14,25H,1-4H3. The van der Waals surface area contributed by atoms with Gasteiger partial charge in [-0.05, 0) is 78.1 Å². The minimum Gasteiger partial charge on any atom is -0.427 e. The van der Waals surface area contributed by atoms with Crippen molar-refractivity contribution in [2.75, 3.05) is 0 Å². The second-order valence-corrected chi connectivity index (χ2v) is 7.65. The molecule has 0 radical (unpaired) electrons. The maximum Gasteiger partial charge on any atom is 0.308 e. The third-order valence-electron chi connectivity index (χ3n) is 4.83.